The Morgan fingerprint density at radius 2 is 2.10 bits per heavy atom. The molecule has 1 atom stereocenters. The van der Waals surface area contributed by atoms with Gasteiger partial charge in [0.15, 0.2) is 5.96 Å². The molecule has 0 fully saturated rings. The molecule has 0 aromatic heterocycles. The summed E-state index contributed by atoms with van der Waals surface area (Å²) in [6.07, 6.45) is 0.248. The highest BCUT2D eigenvalue weighted by molar-refractivity contribution is 5.78. The number of para-hydroxylation sites is 1. The molecule has 0 radical (unpaired) electrons. The first-order chi connectivity index (χ1) is 9.59. The average molecular weight is 280 g/mol. The lowest BCUT2D eigenvalue weighted by molar-refractivity contribution is -0.138. The predicted octanol–water partition coefficient (Wildman–Crippen LogP) is -0.228. The van der Waals surface area contributed by atoms with E-state index >= 15 is 0 Å². The van der Waals surface area contributed by atoms with Gasteiger partial charge in [0, 0.05) is 6.54 Å². The number of nitrogens with one attached hydrogen (secondary N) is 1. The van der Waals surface area contributed by atoms with Crippen LogP contribution in [0.1, 0.15) is 6.42 Å². The van der Waals surface area contributed by atoms with Crippen LogP contribution in [0.2, 0.25) is 0 Å². The van der Waals surface area contributed by atoms with Crippen molar-refractivity contribution in [1.82, 2.24) is 5.32 Å². The molecule has 0 saturated heterocycles. The first kappa shape index (κ1) is 15.8. The maximum absolute atomic E-state index is 10.5. The van der Waals surface area contributed by atoms with Crippen molar-refractivity contribution in [3.05, 3.63) is 30.3 Å². The number of carboxylic acid groups (broad SMARTS) is 1. The van der Waals surface area contributed by atoms with Crippen molar-refractivity contribution in [1.29, 1.82) is 0 Å². The van der Waals surface area contributed by atoms with E-state index in [1.54, 1.807) is 0 Å². The van der Waals surface area contributed by atoms with E-state index in [1.165, 1.54) is 0 Å². The van der Waals surface area contributed by atoms with Crippen LogP contribution in [0.5, 0.6) is 5.75 Å². The van der Waals surface area contributed by atoms with Gasteiger partial charge in [0.1, 0.15) is 18.4 Å². The van der Waals surface area contributed by atoms with Gasteiger partial charge < -0.3 is 26.6 Å². The molecule has 110 valence electrons. The number of guanidine groups is 1. The molecule has 0 unspecified atom stereocenters. The van der Waals surface area contributed by atoms with E-state index in [4.69, 9.17) is 21.3 Å². The molecule has 0 spiro atoms. The fraction of sp³-hybridized carbons (Fsp3) is 0.385. The zero-order chi connectivity index (χ0) is 14.8. The van der Waals surface area contributed by atoms with Crippen molar-refractivity contribution >= 4 is 11.9 Å². The zero-order valence-electron chi connectivity index (χ0n) is 11.2. The summed E-state index contributed by atoms with van der Waals surface area (Å²) in [5.74, 6) is -0.000478. The lowest BCUT2D eigenvalue weighted by atomic mass is 10.2. The second-order valence-electron chi connectivity index (χ2n) is 4.09. The third-order valence-electron chi connectivity index (χ3n) is 2.46. The Kier molecular flexibility index (Phi) is 6.91. The Labute approximate surface area is 117 Å². The maximum Gasteiger partial charge on any atom is 0.320 e. The number of aliphatic imine (C=N–C) groups is 1. The van der Waals surface area contributed by atoms with Crippen LogP contribution in [-0.4, -0.2) is 42.8 Å². The fourth-order valence-electron chi connectivity index (χ4n) is 1.37. The Bertz CT molecular complexity index is 437. The van der Waals surface area contributed by atoms with Crippen LogP contribution in [0.3, 0.4) is 0 Å². The molecule has 7 nitrogen and oxygen atoms in total. The highest BCUT2D eigenvalue weighted by Crippen LogP contribution is 2.07. The highest BCUT2D eigenvalue weighted by Gasteiger charge is 2.09. The van der Waals surface area contributed by atoms with Crippen molar-refractivity contribution in [2.24, 2.45) is 16.5 Å². The van der Waals surface area contributed by atoms with Crippen LogP contribution >= 0.6 is 0 Å². The van der Waals surface area contributed by atoms with E-state index in [0.717, 1.165) is 5.75 Å². The summed E-state index contributed by atoms with van der Waals surface area (Å²) >= 11 is 0. The fourth-order valence-corrected chi connectivity index (χ4v) is 1.37. The van der Waals surface area contributed by atoms with Gasteiger partial charge in [-0.05, 0) is 18.6 Å². The second kappa shape index (κ2) is 8.76. The number of nitrogens with two attached hydrogens (primary N) is 2. The van der Waals surface area contributed by atoms with Gasteiger partial charge in [0.2, 0.25) is 0 Å². The van der Waals surface area contributed by atoms with Gasteiger partial charge in [-0.3, -0.25) is 9.79 Å². The van der Waals surface area contributed by atoms with Crippen LogP contribution in [0.4, 0.5) is 0 Å². The van der Waals surface area contributed by atoms with Crippen LogP contribution in [0.25, 0.3) is 0 Å². The number of carboxylic acids is 1. The predicted molar refractivity (Wildman–Crippen MR) is 76.7 cm³/mol. The van der Waals surface area contributed by atoms with Gasteiger partial charge in [-0.2, -0.15) is 0 Å². The summed E-state index contributed by atoms with van der Waals surface area (Å²) in [6, 6.07) is 8.52. The molecule has 0 aliphatic heterocycles. The number of carbonyl (C=O) groups is 1. The summed E-state index contributed by atoms with van der Waals surface area (Å²) in [6.45, 7) is 1.23. The third kappa shape index (κ3) is 6.60. The van der Waals surface area contributed by atoms with Crippen molar-refractivity contribution in [3.63, 3.8) is 0 Å². The molecule has 0 amide bonds. The smallest absolute Gasteiger partial charge is 0.320 e. The molecule has 20 heavy (non-hydrogen) atoms. The van der Waals surface area contributed by atoms with Crippen LogP contribution in [-0.2, 0) is 4.79 Å². The summed E-state index contributed by atoms with van der Waals surface area (Å²) in [5.41, 5.74) is 10.9. The molecular formula is C13H20N4O3. The first-order valence-electron chi connectivity index (χ1n) is 6.29. The topological polar surface area (TPSA) is 123 Å². The van der Waals surface area contributed by atoms with E-state index in [2.05, 4.69) is 10.3 Å². The van der Waals surface area contributed by atoms with Crippen molar-refractivity contribution in [2.45, 2.75) is 12.5 Å². The number of rotatable bonds is 8. The monoisotopic (exact) mass is 280 g/mol. The number of benzene rings is 1. The van der Waals surface area contributed by atoms with Gasteiger partial charge in [-0.25, -0.2) is 0 Å². The minimum Gasteiger partial charge on any atom is -0.492 e. The Balaban J connectivity index is 2.13. The number of hydrogen-bond donors (Lipinski definition) is 4. The molecule has 0 heterocycles. The number of aliphatic carboxylic acids is 1. The molecule has 7 heteroatoms. The van der Waals surface area contributed by atoms with E-state index < -0.39 is 12.0 Å². The molecule has 1 rings (SSSR count). The van der Waals surface area contributed by atoms with E-state index in [1.807, 2.05) is 30.3 Å². The quantitative estimate of drug-likeness (QED) is 0.296. The first-order valence-corrected chi connectivity index (χ1v) is 6.29. The highest BCUT2D eigenvalue weighted by atomic mass is 16.5. The molecular weight excluding hydrogens is 260 g/mol. The minimum absolute atomic E-state index is 0.248. The molecule has 0 aliphatic rings. The number of hydrogen-bond acceptors (Lipinski definition) is 4. The van der Waals surface area contributed by atoms with Gasteiger partial charge in [-0.1, -0.05) is 18.2 Å². The largest absolute Gasteiger partial charge is 0.492 e. The number of nitrogens with zero attached hydrogens (tertiary/aromatic N) is 1. The molecule has 1 aromatic rings. The molecule has 0 aliphatic carbocycles. The Morgan fingerprint density at radius 3 is 2.75 bits per heavy atom. The Hall–Kier alpha value is -2.28. The summed E-state index contributed by atoms with van der Waals surface area (Å²) < 4.78 is 5.46. The van der Waals surface area contributed by atoms with Crippen molar-refractivity contribution < 1.29 is 14.6 Å². The third-order valence-corrected chi connectivity index (χ3v) is 2.46. The van der Waals surface area contributed by atoms with Gasteiger partial charge in [0.05, 0.1) is 6.54 Å². The van der Waals surface area contributed by atoms with Gasteiger partial charge >= 0.3 is 5.97 Å². The van der Waals surface area contributed by atoms with Gasteiger partial charge in [0.25, 0.3) is 0 Å². The summed E-state index contributed by atoms with van der Waals surface area (Å²) in [5, 5.41) is 11.5. The van der Waals surface area contributed by atoms with Crippen LogP contribution in [0.15, 0.2) is 35.3 Å². The normalized spacial score (nSPS) is 12.8. The van der Waals surface area contributed by atoms with Crippen LogP contribution in [0, 0.1) is 0 Å². The summed E-state index contributed by atoms with van der Waals surface area (Å²) in [4.78, 5) is 14.5. The average Bonchev–Trinajstić information content (AvgIpc) is 2.44. The van der Waals surface area contributed by atoms with E-state index in [-0.39, 0.29) is 18.9 Å². The zero-order valence-corrected chi connectivity index (χ0v) is 11.2. The number of ether oxygens (including phenoxy) is 1. The molecule has 0 saturated carbocycles. The molecule has 0 bridgehead atoms. The van der Waals surface area contributed by atoms with E-state index in [0.29, 0.717) is 13.2 Å². The second-order valence-corrected chi connectivity index (χ2v) is 4.09. The molecule has 1 aromatic carbocycles. The molecule has 6 N–H and O–H groups in total. The van der Waals surface area contributed by atoms with Crippen LogP contribution < -0.4 is 21.5 Å². The van der Waals surface area contributed by atoms with Crippen molar-refractivity contribution in [2.75, 3.05) is 19.7 Å². The lowest BCUT2D eigenvalue weighted by Crippen LogP contribution is -2.35. The lowest BCUT2D eigenvalue weighted by Gasteiger charge is -2.08. The Morgan fingerprint density at radius 1 is 1.40 bits per heavy atom. The van der Waals surface area contributed by atoms with Gasteiger partial charge in [-0.15, -0.1) is 0 Å². The van der Waals surface area contributed by atoms with Crippen molar-refractivity contribution in [3.8, 4) is 5.75 Å². The minimum atomic E-state index is -1.04. The standard InChI is InChI=1S/C13H20N4O3/c14-11(12(18)19)6-7-16-13(15)17-8-9-20-10-4-2-1-3-5-10/h1-5,11H,6-9,14H2,(H,18,19)(H3,15,16,17)/t11-/m0/s1. The SMILES string of the molecule is NC(=NCC[C@H](N)C(=O)O)NCCOc1ccccc1. The maximum atomic E-state index is 10.5. The van der Waals surface area contributed by atoms with E-state index in [9.17, 15) is 4.79 Å². The summed E-state index contributed by atoms with van der Waals surface area (Å²) in [7, 11) is 0.